The monoisotopic (exact) mass is 330 g/mol. The first-order valence-corrected chi connectivity index (χ1v) is 10.1. The summed E-state index contributed by atoms with van der Waals surface area (Å²) in [7, 11) is 0. The molecule has 6 unspecified atom stereocenters. The molecule has 0 radical (unpaired) electrons. The molecule has 0 aromatic heterocycles. The van der Waals surface area contributed by atoms with Gasteiger partial charge in [0.1, 0.15) is 0 Å². The van der Waals surface area contributed by atoms with Crippen LogP contribution in [0.2, 0.25) is 0 Å². The number of fused-ring (bicyclic) bond motifs is 5. The van der Waals surface area contributed by atoms with E-state index in [1.165, 1.54) is 43.4 Å². The lowest BCUT2D eigenvalue weighted by Gasteiger charge is -2.57. The van der Waals surface area contributed by atoms with Crippen molar-refractivity contribution in [1.82, 2.24) is 0 Å². The van der Waals surface area contributed by atoms with E-state index >= 15 is 0 Å². The van der Waals surface area contributed by atoms with Crippen LogP contribution in [-0.4, -0.2) is 17.3 Å². The molecule has 0 heterocycles. The third-order valence-corrected chi connectivity index (χ3v) is 8.62. The van der Waals surface area contributed by atoms with E-state index < -0.39 is 5.60 Å². The Labute approximate surface area is 147 Å². The SMILES string of the molecule is CCOC1=CC2=CCC3C(CCC4(C)C3CCC4(C)O)C2(C)CC1. The van der Waals surface area contributed by atoms with Gasteiger partial charge in [0, 0.05) is 6.42 Å². The topological polar surface area (TPSA) is 29.5 Å². The smallest absolute Gasteiger partial charge is 0.0962 e. The molecule has 0 aliphatic heterocycles. The molecule has 0 amide bonds. The van der Waals surface area contributed by atoms with Crippen molar-refractivity contribution in [3.8, 4) is 0 Å². The average molecular weight is 331 g/mol. The second kappa shape index (κ2) is 5.37. The maximum atomic E-state index is 11.0. The molecule has 2 fully saturated rings. The fourth-order valence-electron chi connectivity index (χ4n) is 6.84. The van der Waals surface area contributed by atoms with Crippen LogP contribution in [0.3, 0.4) is 0 Å². The fourth-order valence-corrected chi connectivity index (χ4v) is 6.84. The van der Waals surface area contributed by atoms with Gasteiger partial charge in [0.2, 0.25) is 0 Å². The quantitative estimate of drug-likeness (QED) is 0.751. The van der Waals surface area contributed by atoms with E-state index in [-0.39, 0.29) is 5.41 Å². The van der Waals surface area contributed by atoms with Crippen molar-refractivity contribution < 1.29 is 9.84 Å². The van der Waals surface area contributed by atoms with Crippen LogP contribution in [0.1, 0.15) is 72.6 Å². The molecule has 2 saturated carbocycles. The van der Waals surface area contributed by atoms with Crippen LogP contribution in [0.25, 0.3) is 0 Å². The van der Waals surface area contributed by atoms with Crippen molar-refractivity contribution in [2.24, 2.45) is 28.6 Å². The normalized spacial score (nSPS) is 50.3. The third kappa shape index (κ3) is 2.11. The number of allylic oxidation sites excluding steroid dienone is 4. The van der Waals surface area contributed by atoms with Crippen molar-refractivity contribution >= 4 is 0 Å². The summed E-state index contributed by atoms with van der Waals surface area (Å²) in [6.45, 7) is 9.82. The van der Waals surface area contributed by atoms with Crippen molar-refractivity contribution in [2.75, 3.05) is 6.61 Å². The Morgan fingerprint density at radius 1 is 1.12 bits per heavy atom. The summed E-state index contributed by atoms with van der Waals surface area (Å²) in [5.74, 6) is 3.42. The summed E-state index contributed by atoms with van der Waals surface area (Å²) in [4.78, 5) is 0. The molecule has 0 aromatic carbocycles. The van der Waals surface area contributed by atoms with E-state index in [2.05, 4.69) is 39.8 Å². The summed E-state index contributed by atoms with van der Waals surface area (Å²) < 4.78 is 5.81. The molecule has 4 rings (SSSR count). The summed E-state index contributed by atoms with van der Waals surface area (Å²) in [6.07, 6.45) is 13.0. The standard InChI is InChI=1S/C22H34O2/c1-5-24-16-8-11-20(2)15(14-16)6-7-17-18(20)9-12-21(3)19(17)10-13-22(21,4)23/h6,14,17-19,23H,5,7-13H2,1-4H3. The van der Waals surface area contributed by atoms with Gasteiger partial charge in [0.15, 0.2) is 0 Å². The maximum absolute atomic E-state index is 11.0. The number of hydrogen-bond acceptors (Lipinski definition) is 2. The lowest BCUT2D eigenvalue weighted by Crippen LogP contribution is -2.53. The first kappa shape index (κ1) is 16.7. The first-order chi connectivity index (χ1) is 11.3. The molecular weight excluding hydrogens is 296 g/mol. The Balaban J connectivity index is 1.67. The number of aliphatic hydroxyl groups is 1. The molecule has 4 aliphatic carbocycles. The summed E-state index contributed by atoms with van der Waals surface area (Å²) in [5.41, 5.74) is 1.50. The highest BCUT2D eigenvalue weighted by atomic mass is 16.5. The third-order valence-electron chi connectivity index (χ3n) is 8.62. The van der Waals surface area contributed by atoms with Gasteiger partial charge < -0.3 is 9.84 Å². The van der Waals surface area contributed by atoms with E-state index in [1.807, 2.05) is 0 Å². The van der Waals surface area contributed by atoms with Gasteiger partial charge in [-0.25, -0.2) is 0 Å². The Morgan fingerprint density at radius 2 is 1.88 bits per heavy atom. The van der Waals surface area contributed by atoms with E-state index in [4.69, 9.17) is 4.74 Å². The second-order valence-corrected chi connectivity index (χ2v) is 9.50. The molecular formula is C22H34O2. The minimum Gasteiger partial charge on any atom is -0.498 e. The number of rotatable bonds is 2. The van der Waals surface area contributed by atoms with Crippen LogP contribution in [0.4, 0.5) is 0 Å². The molecule has 0 spiro atoms. The van der Waals surface area contributed by atoms with Gasteiger partial charge in [0.25, 0.3) is 0 Å². The van der Waals surface area contributed by atoms with E-state index in [0.29, 0.717) is 11.3 Å². The van der Waals surface area contributed by atoms with Gasteiger partial charge in [-0.15, -0.1) is 0 Å². The highest BCUT2D eigenvalue weighted by Gasteiger charge is 2.61. The largest absolute Gasteiger partial charge is 0.498 e. The van der Waals surface area contributed by atoms with Crippen molar-refractivity contribution in [3.63, 3.8) is 0 Å². The van der Waals surface area contributed by atoms with Gasteiger partial charge in [-0.05, 0) is 92.6 Å². The summed E-state index contributed by atoms with van der Waals surface area (Å²) in [5, 5.41) is 11.0. The lowest BCUT2D eigenvalue weighted by molar-refractivity contribution is -0.112. The van der Waals surface area contributed by atoms with Crippen LogP contribution in [-0.2, 0) is 4.74 Å². The zero-order valence-electron chi connectivity index (χ0n) is 15.9. The molecule has 6 atom stereocenters. The molecule has 24 heavy (non-hydrogen) atoms. The van der Waals surface area contributed by atoms with Crippen LogP contribution in [0, 0.1) is 28.6 Å². The van der Waals surface area contributed by atoms with Gasteiger partial charge in [-0.3, -0.25) is 0 Å². The number of hydrogen-bond donors (Lipinski definition) is 1. The zero-order chi connectivity index (χ0) is 17.2. The number of ether oxygens (including phenoxy) is 1. The van der Waals surface area contributed by atoms with Crippen molar-refractivity contribution in [2.45, 2.75) is 78.2 Å². The zero-order valence-corrected chi connectivity index (χ0v) is 15.9. The van der Waals surface area contributed by atoms with E-state index in [9.17, 15) is 5.11 Å². The molecule has 1 N–H and O–H groups in total. The lowest BCUT2D eigenvalue weighted by atomic mass is 9.47. The Bertz CT molecular complexity index is 587. The molecule has 0 aromatic rings. The minimum atomic E-state index is -0.470. The van der Waals surface area contributed by atoms with Crippen LogP contribution >= 0.6 is 0 Å². The molecule has 2 nitrogen and oxygen atoms in total. The highest BCUT2D eigenvalue weighted by Crippen LogP contribution is 2.66. The van der Waals surface area contributed by atoms with Crippen LogP contribution < -0.4 is 0 Å². The Morgan fingerprint density at radius 3 is 2.62 bits per heavy atom. The second-order valence-electron chi connectivity index (χ2n) is 9.50. The predicted octanol–water partition coefficient (Wildman–Crippen LogP) is 5.23. The van der Waals surface area contributed by atoms with Crippen LogP contribution in [0.5, 0.6) is 0 Å². The van der Waals surface area contributed by atoms with Gasteiger partial charge in [0.05, 0.1) is 18.0 Å². The fraction of sp³-hybridized carbons (Fsp3) is 0.818. The molecule has 4 aliphatic rings. The average Bonchev–Trinajstić information content (AvgIpc) is 2.78. The van der Waals surface area contributed by atoms with Gasteiger partial charge in [-0.2, -0.15) is 0 Å². The van der Waals surface area contributed by atoms with Gasteiger partial charge >= 0.3 is 0 Å². The molecule has 2 heteroatoms. The Hall–Kier alpha value is -0.760. The summed E-state index contributed by atoms with van der Waals surface area (Å²) in [6, 6.07) is 0. The van der Waals surface area contributed by atoms with Crippen molar-refractivity contribution in [1.29, 1.82) is 0 Å². The highest BCUT2D eigenvalue weighted by molar-refractivity contribution is 5.36. The van der Waals surface area contributed by atoms with Gasteiger partial charge in [-0.1, -0.05) is 19.9 Å². The summed E-state index contributed by atoms with van der Waals surface area (Å²) >= 11 is 0. The van der Waals surface area contributed by atoms with Crippen molar-refractivity contribution in [3.05, 3.63) is 23.5 Å². The van der Waals surface area contributed by atoms with E-state index in [1.54, 1.807) is 0 Å². The van der Waals surface area contributed by atoms with E-state index in [0.717, 1.165) is 31.3 Å². The minimum absolute atomic E-state index is 0.122. The molecule has 134 valence electrons. The maximum Gasteiger partial charge on any atom is 0.0962 e. The first-order valence-electron chi connectivity index (χ1n) is 10.1. The van der Waals surface area contributed by atoms with Crippen LogP contribution in [0.15, 0.2) is 23.5 Å². The molecule has 0 bridgehead atoms. The Kier molecular flexibility index (Phi) is 3.73. The predicted molar refractivity (Wildman–Crippen MR) is 97.4 cm³/mol. The molecule has 0 saturated heterocycles.